The number of hydrogen-bond donors (Lipinski definition) is 2. The van der Waals surface area contributed by atoms with Crippen LogP contribution >= 0.6 is 0 Å². The lowest BCUT2D eigenvalue weighted by atomic mass is 9.96. The van der Waals surface area contributed by atoms with E-state index in [2.05, 4.69) is 5.32 Å². The lowest BCUT2D eigenvalue weighted by molar-refractivity contribution is -0.148. The van der Waals surface area contributed by atoms with Gasteiger partial charge in [-0.2, -0.15) is 0 Å². The minimum absolute atomic E-state index is 0.0628. The van der Waals surface area contributed by atoms with Crippen LogP contribution in [0.2, 0.25) is 0 Å². The number of carbonyl (C=O) groups excluding carboxylic acids is 2. The summed E-state index contributed by atoms with van der Waals surface area (Å²) < 4.78 is 0. The highest BCUT2D eigenvalue weighted by atomic mass is 16.4. The number of carbonyl (C=O) groups is 3. The molecule has 19 heavy (non-hydrogen) atoms. The molecule has 6 nitrogen and oxygen atoms in total. The molecule has 0 aliphatic carbocycles. The average molecular weight is 272 g/mol. The maximum Gasteiger partial charge on any atom is 0.326 e. The van der Waals surface area contributed by atoms with Gasteiger partial charge in [-0.25, -0.2) is 4.79 Å². The van der Waals surface area contributed by atoms with Gasteiger partial charge in [0, 0.05) is 25.4 Å². The maximum absolute atomic E-state index is 11.7. The van der Waals surface area contributed by atoms with E-state index in [1.165, 1.54) is 18.9 Å². The number of likely N-dealkylation sites (N-methyl/N-ethyl adjacent to an activating group) is 1. The molecule has 0 fully saturated rings. The third kappa shape index (κ3) is 6.22. The first-order valence-electron chi connectivity index (χ1n) is 6.34. The van der Waals surface area contributed by atoms with Crippen molar-refractivity contribution in [2.75, 3.05) is 13.6 Å². The molecule has 6 heteroatoms. The lowest BCUT2D eigenvalue weighted by Crippen LogP contribution is -2.40. The number of carboxylic acids is 1. The van der Waals surface area contributed by atoms with Crippen molar-refractivity contribution in [3.05, 3.63) is 0 Å². The Hall–Kier alpha value is -1.59. The van der Waals surface area contributed by atoms with E-state index in [4.69, 9.17) is 5.11 Å². The Labute approximate surface area is 114 Å². The van der Waals surface area contributed by atoms with E-state index in [1.807, 2.05) is 20.8 Å². The number of nitrogens with one attached hydrogen (secondary N) is 1. The van der Waals surface area contributed by atoms with Crippen molar-refractivity contribution in [3.63, 3.8) is 0 Å². The lowest BCUT2D eigenvalue weighted by Gasteiger charge is -2.22. The number of amides is 2. The second-order valence-electron chi connectivity index (χ2n) is 5.63. The molecule has 2 amide bonds. The van der Waals surface area contributed by atoms with Crippen molar-refractivity contribution < 1.29 is 19.5 Å². The van der Waals surface area contributed by atoms with E-state index in [9.17, 15) is 14.4 Å². The number of nitrogens with zero attached hydrogens (tertiary/aromatic N) is 1. The highest BCUT2D eigenvalue weighted by Crippen LogP contribution is 2.12. The summed E-state index contributed by atoms with van der Waals surface area (Å²) in [4.78, 5) is 35.2. The monoisotopic (exact) mass is 272 g/mol. The summed E-state index contributed by atoms with van der Waals surface area (Å²) in [5.41, 5.74) is -0.446. The average Bonchev–Trinajstić information content (AvgIpc) is 2.30. The zero-order valence-electron chi connectivity index (χ0n) is 12.3. The van der Waals surface area contributed by atoms with Gasteiger partial charge in [0.05, 0.1) is 0 Å². The van der Waals surface area contributed by atoms with Gasteiger partial charge in [-0.1, -0.05) is 20.8 Å². The van der Waals surface area contributed by atoms with Crippen molar-refractivity contribution in [2.45, 2.75) is 46.6 Å². The topological polar surface area (TPSA) is 86.7 Å². The van der Waals surface area contributed by atoms with E-state index in [1.54, 1.807) is 0 Å². The predicted octanol–water partition coefficient (Wildman–Crippen LogP) is 0.860. The third-order valence-electron chi connectivity index (χ3n) is 2.87. The zero-order valence-corrected chi connectivity index (χ0v) is 12.3. The molecule has 0 spiro atoms. The quantitative estimate of drug-likeness (QED) is 0.702. The fourth-order valence-electron chi connectivity index (χ4n) is 1.26. The molecule has 0 aliphatic heterocycles. The molecular formula is C13H24N2O4. The van der Waals surface area contributed by atoms with Gasteiger partial charge in [0.2, 0.25) is 11.8 Å². The van der Waals surface area contributed by atoms with E-state index < -0.39 is 17.4 Å². The summed E-state index contributed by atoms with van der Waals surface area (Å²) in [5, 5.41) is 11.5. The Morgan fingerprint density at radius 1 is 1.26 bits per heavy atom. The normalized spacial score (nSPS) is 12.7. The standard InChI is InChI=1S/C13H24N2O4/c1-9(11(17)18)15(5)10(16)7-6-8-14-12(19)13(2,3)4/h9H,6-8H2,1-5H3,(H,14,19)(H,17,18). The summed E-state index contributed by atoms with van der Waals surface area (Å²) in [7, 11) is 1.47. The molecule has 0 saturated heterocycles. The third-order valence-corrected chi connectivity index (χ3v) is 2.87. The SMILES string of the molecule is CC(C(=O)O)N(C)C(=O)CCCNC(=O)C(C)(C)C. The van der Waals surface area contributed by atoms with Crippen LogP contribution < -0.4 is 5.32 Å². The Morgan fingerprint density at radius 3 is 2.21 bits per heavy atom. The van der Waals surface area contributed by atoms with Crippen molar-refractivity contribution in [1.82, 2.24) is 10.2 Å². The van der Waals surface area contributed by atoms with E-state index in [0.717, 1.165) is 0 Å². The second-order valence-corrected chi connectivity index (χ2v) is 5.63. The molecule has 0 aliphatic rings. The minimum Gasteiger partial charge on any atom is -0.480 e. The first kappa shape index (κ1) is 17.4. The van der Waals surface area contributed by atoms with Crippen LogP contribution in [0, 0.1) is 5.41 Å². The summed E-state index contributed by atoms with van der Waals surface area (Å²) in [5.74, 6) is -1.33. The molecule has 0 rings (SSSR count). The summed E-state index contributed by atoms with van der Waals surface area (Å²) in [6.07, 6.45) is 0.718. The van der Waals surface area contributed by atoms with Gasteiger partial charge in [-0.05, 0) is 13.3 Å². The molecule has 1 atom stereocenters. The van der Waals surface area contributed by atoms with Crippen LogP contribution in [0.5, 0.6) is 0 Å². The first-order valence-corrected chi connectivity index (χ1v) is 6.34. The van der Waals surface area contributed by atoms with Crippen molar-refractivity contribution in [1.29, 1.82) is 0 Å². The molecule has 0 aromatic carbocycles. The van der Waals surface area contributed by atoms with Crippen LogP contribution in [0.1, 0.15) is 40.5 Å². The Kier molecular flexibility index (Phi) is 6.52. The largest absolute Gasteiger partial charge is 0.480 e. The van der Waals surface area contributed by atoms with Gasteiger partial charge < -0.3 is 15.3 Å². The fourth-order valence-corrected chi connectivity index (χ4v) is 1.26. The van der Waals surface area contributed by atoms with Gasteiger partial charge >= 0.3 is 5.97 Å². The number of hydrogen-bond acceptors (Lipinski definition) is 3. The Bertz CT molecular complexity index is 347. The highest BCUT2D eigenvalue weighted by Gasteiger charge is 2.22. The smallest absolute Gasteiger partial charge is 0.326 e. The molecule has 110 valence electrons. The number of rotatable bonds is 6. The highest BCUT2D eigenvalue weighted by molar-refractivity contribution is 5.83. The van der Waals surface area contributed by atoms with Crippen LogP contribution in [0.4, 0.5) is 0 Å². The molecule has 0 saturated carbocycles. The fraction of sp³-hybridized carbons (Fsp3) is 0.769. The van der Waals surface area contributed by atoms with Crippen molar-refractivity contribution in [2.24, 2.45) is 5.41 Å². The van der Waals surface area contributed by atoms with E-state index in [0.29, 0.717) is 13.0 Å². The summed E-state index contributed by atoms with van der Waals surface area (Å²) >= 11 is 0. The maximum atomic E-state index is 11.7. The van der Waals surface area contributed by atoms with Gasteiger partial charge in [0.15, 0.2) is 0 Å². The molecule has 0 radical (unpaired) electrons. The van der Waals surface area contributed by atoms with Crippen molar-refractivity contribution >= 4 is 17.8 Å². The number of carboxylic acid groups (broad SMARTS) is 1. The molecule has 0 aromatic heterocycles. The van der Waals surface area contributed by atoms with Crippen LogP contribution in [0.3, 0.4) is 0 Å². The van der Waals surface area contributed by atoms with Crippen LogP contribution in [-0.2, 0) is 14.4 Å². The molecule has 2 N–H and O–H groups in total. The molecular weight excluding hydrogens is 248 g/mol. The zero-order chi connectivity index (χ0) is 15.2. The van der Waals surface area contributed by atoms with Gasteiger partial charge in [0.25, 0.3) is 0 Å². The van der Waals surface area contributed by atoms with Crippen LogP contribution in [0.25, 0.3) is 0 Å². The molecule has 0 aromatic rings. The van der Waals surface area contributed by atoms with E-state index >= 15 is 0 Å². The van der Waals surface area contributed by atoms with Crippen LogP contribution in [0.15, 0.2) is 0 Å². The van der Waals surface area contributed by atoms with Crippen LogP contribution in [-0.4, -0.2) is 47.4 Å². The molecule has 0 bridgehead atoms. The predicted molar refractivity (Wildman–Crippen MR) is 71.6 cm³/mol. The Balaban J connectivity index is 4.00. The van der Waals surface area contributed by atoms with E-state index in [-0.39, 0.29) is 18.2 Å². The Morgan fingerprint density at radius 2 is 1.79 bits per heavy atom. The van der Waals surface area contributed by atoms with Gasteiger partial charge in [0.1, 0.15) is 6.04 Å². The first-order chi connectivity index (χ1) is 8.57. The second kappa shape index (κ2) is 7.11. The summed E-state index contributed by atoms with van der Waals surface area (Å²) in [6, 6.07) is -0.836. The van der Waals surface area contributed by atoms with Gasteiger partial charge in [-0.15, -0.1) is 0 Å². The van der Waals surface area contributed by atoms with Crippen molar-refractivity contribution in [3.8, 4) is 0 Å². The molecule has 1 unspecified atom stereocenters. The van der Waals surface area contributed by atoms with Gasteiger partial charge in [-0.3, -0.25) is 9.59 Å². The summed E-state index contributed by atoms with van der Waals surface area (Å²) in [6.45, 7) is 7.32. The minimum atomic E-state index is -1.03. The number of aliphatic carboxylic acids is 1. The molecule has 0 heterocycles.